The molecule has 0 aromatic heterocycles. The lowest BCUT2D eigenvalue weighted by Gasteiger charge is -2.03. The number of nitrogens with one attached hydrogen (secondary N) is 1. The van der Waals surface area contributed by atoms with Gasteiger partial charge >= 0.3 is 11.9 Å². The third-order valence-corrected chi connectivity index (χ3v) is 2.02. The Morgan fingerprint density at radius 2 is 1.89 bits per heavy atom. The lowest BCUT2D eigenvalue weighted by molar-refractivity contribution is -0.131. The van der Waals surface area contributed by atoms with Crippen LogP contribution in [-0.4, -0.2) is 28.1 Å². The van der Waals surface area contributed by atoms with Crippen molar-refractivity contribution in [2.45, 2.75) is 6.54 Å². The van der Waals surface area contributed by atoms with Crippen LogP contribution in [-0.2, 0) is 16.1 Å². The molecule has 0 saturated carbocycles. The molecule has 1 aromatic rings. The number of carboxylic acid groups (broad SMARTS) is 2. The van der Waals surface area contributed by atoms with Crippen LogP contribution in [0.3, 0.4) is 0 Å². The second kappa shape index (κ2) is 6.19. The van der Waals surface area contributed by atoms with Crippen molar-refractivity contribution in [3.8, 4) is 0 Å². The molecule has 0 unspecified atom stereocenters. The van der Waals surface area contributed by atoms with Crippen molar-refractivity contribution in [3.05, 3.63) is 47.5 Å². The fourth-order valence-electron chi connectivity index (χ4n) is 1.21. The second-order valence-corrected chi connectivity index (χ2v) is 3.39. The van der Waals surface area contributed by atoms with Gasteiger partial charge in [-0.25, -0.2) is 9.59 Å². The third kappa shape index (κ3) is 4.48. The smallest absolute Gasteiger partial charge is 0.335 e. The SMILES string of the molecule is O=C(O)/C=C\C(=O)NCc1cccc(C(=O)O)c1. The Morgan fingerprint density at radius 3 is 2.50 bits per heavy atom. The summed E-state index contributed by atoms with van der Waals surface area (Å²) in [6.07, 6.45) is 1.62. The lowest BCUT2D eigenvalue weighted by Crippen LogP contribution is -2.20. The largest absolute Gasteiger partial charge is 0.478 e. The molecule has 0 aliphatic carbocycles. The standard InChI is InChI=1S/C12H11NO5/c14-10(4-5-11(15)16)13-7-8-2-1-3-9(6-8)12(17)18/h1-6H,7H2,(H,13,14)(H,15,16)(H,17,18)/b5-4-. The zero-order valence-electron chi connectivity index (χ0n) is 9.29. The van der Waals surface area contributed by atoms with Crippen LogP contribution in [0.5, 0.6) is 0 Å². The topological polar surface area (TPSA) is 104 Å². The molecule has 3 N–H and O–H groups in total. The highest BCUT2D eigenvalue weighted by Crippen LogP contribution is 2.04. The highest BCUT2D eigenvalue weighted by Gasteiger charge is 2.03. The van der Waals surface area contributed by atoms with Gasteiger partial charge in [0, 0.05) is 18.7 Å². The molecule has 1 amide bonds. The van der Waals surface area contributed by atoms with Gasteiger partial charge in [0.1, 0.15) is 0 Å². The zero-order valence-corrected chi connectivity index (χ0v) is 9.29. The Kier molecular flexibility index (Phi) is 4.62. The maximum atomic E-state index is 11.2. The van der Waals surface area contributed by atoms with Crippen molar-refractivity contribution in [2.24, 2.45) is 0 Å². The first-order chi connectivity index (χ1) is 8.49. The normalized spacial score (nSPS) is 10.2. The molecule has 0 heterocycles. The highest BCUT2D eigenvalue weighted by atomic mass is 16.4. The van der Waals surface area contributed by atoms with Crippen LogP contribution in [0.2, 0.25) is 0 Å². The summed E-state index contributed by atoms with van der Waals surface area (Å²) in [6.45, 7) is 0.129. The zero-order chi connectivity index (χ0) is 13.5. The molecule has 0 fully saturated rings. The Bertz CT molecular complexity index is 507. The number of carbonyl (C=O) groups excluding carboxylic acids is 1. The Balaban J connectivity index is 2.58. The first-order valence-electron chi connectivity index (χ1n) is 5.00. The van der Waals surface area contributed by atoms with Gasteiger partial charge in [-0.1, -0.05) is 12.1 Å². The number of amides is 1. The summed E-state index contributed by atoms with van der Waals surface area (Å²) in [5, 5.41) is 19.5. The van der Waals surface area contributed by atoms with Crippen LogP contribution in [0.15, 0.2) is 36.4 Å². The van der Waals surface area contributed by atoms with Gasteiger partial charge in [0.25, 0.3) is 0 Å². The van der Waals surface area contributed by atoms with Gasteiger partial charge in [-0.2, -0.15) is 0 Å². The summed E-state index contributed by atoms with van der Waals surface area (Å²) in [6, 6.07) is 6.10. The highest BCUT2D eigenvalue weighted by molar-refractivity contribution is 5.93. The van der Waals surface area contributed by atoms with Gasteiger partial charge in [0.2, 0.25) is 5.91 Å². The average Bonchev–Trinajstić information content (AvgIpc) is 2.34. The van der Waals surface area contributed by atoms with Crippen LogP contribution in [0.1, 0.15) is 15.9 Å². The first-order valence-corrected chi connectivity index (χ1v) is 5.00. The number of hydrogen-bond donors (Lipinski definition) is 3. The maximum absolute atomic E-state index is 11.2. The molecular weight excluding hydrogens is 238 g/mol. The van der Waals surface area contributed by atoms with Gasteiger partial charge in [0.05, 0.1) is 5.56 Å². The molecule has 1 rings (SSSR count). The molecule has 94 valence electrons. The Labute approximate surface area is 103 Å². The van der Waals surface area contributed by atoms with E-state index < -0.39 is 17.8 Å². The molecule has 0 aliphatic rings. The molecular formula is C12H11NO5. The average molecular weight is 249 g/mol. The molecule has 18 heavy (non-hydrogen) atoms. The van der Waals surface area contributed by atoms with Crippen molar-refractivity contribution in [1.82, 2.24) is 5.32 Å². The number of hydrogen-bond acceptors (Lipinski definition) is 3. The van der Waals surface area contributed by atoms with Crippen LogP contribution in [0.25, 0.3) is 0 Å². The van der Waals surface area contributed by atoms with Crippen molar-refractivity contribution >= 4 is 17.8 Å². The predicted molar refractivity (Wildman–Crippen MR) is 62.0 cm³/mol. The van der Waals surface area contributed by atoms with E-state index in [0.717, 1.165) is 12.2 Å². The Hall–Kier alpha value is -2.63. The number of benzene rings is 1. The minimum atomic E-state index is -1.21. The minimum Gasteiger partial charge on any atom is -0.478 e. The third-order valence-electron chi connectivity index (χ3n) is 2.02. The van der Waals surface area contributed by atoms with Crippen molar-refractivity contribution < 1.29 is 24.6 Å². The molecule has 1 aromatic carbocycles. The van der Waals surface area contributed by atoms with E-state index in [0.29, 0.717) is 5.56 Å². The number of carbonyl (C=O) groups is 3. The van der Waals surface area contributed by atoms with Crippen LogP contribution in [0.4, 0.5) is 0 Å². The Morgan fingerprint density at radius 1 is 1.17 bits per heavy atom. The van der Waals surface area contributed by atoms with Gasteiger partial charge in [0.15, 0.2) is 0 Å². The fraction of sp³-hybridized carbons (Fsp3) is 0.0833. The summed E-state index contributed by atoms with van der Waals surface area (Å²) in [5.74, 6) is -2.81. The van der Waals surface area contributed by atoms with E-state index in [9.17, 15) is 14.4 Å². The van der Waals surface area contributed by atoms with Crippen LogP contribution in [0, 0.1) is 0 Å². The first kappa shape index (κ1) is 13.4. The summed E-state index contributed by atoms with van der Waals surface area (Å²) in [7, 11) is 0. The van der Waals surface area contributed by atoms with E-state index >= 15 is 0 Å². The van der Waals surface area contributed by atoms with Crippen molar-refractivity contribution in [1.29, 1.82) is 0 Å². The molecule has 6 heteroatoms. The van der Waals surface area contributed by atoms with Gasteiger partial charge < -0.3 is 15.5 Å². The molecule has 6 nitrogen and oxygen atoms in total. The molecule has 0 spiro atoms. The minimum absolute atomic E-state index is 0.128. The number of carboxylic acids is 2. The lowest BCUT2D eigenvalue weighted by atomic mass is 10.1. The van der Waals surface area contributed by atoms with Crippen LogP contribution >= 0.6 is 0 Å². The summed E-state index contributed by atoms with van der Waals surface area (Å²) >= 11 is 0. The van der Waals surface area contributed by atoms with E-state index in [2.05, 4.69) is 5.32 Å². The summed E-state index contributed by atoms with van der Waals surface area (Å²) < 4.78 is 0. The molecule has 0 atom stereocenters. The quantitative estimate of drug-likeness (QED) is 0.664. The van der Waals surface area contributed by atoms with E-state index in [-0.39, 0.29) is 12.1 Å². The van der Waals surface area contributed by atoms with Crippen molar-refractivity contribution in [3.63, 3.8) is 0 Å². The molecule has 0 saturated heterocycles. The molecule has 0 radical (unpaired) electrons. The van der Waals surface area contributed by atoms with E-state index in [4.69, 9.17) is 10.2 Å². The summed E-state index contributed by atoms with van der Waals surface area (Å²) in [4.78, 5) is 32.0. The van der Waals surface area contributed by atoms with E-state index in [1.807, 2.05) is 0 Å². The maximum Gasteiger partial charge on any atom is 0.335 e. The predicted octanol–water partition coefficient (Wildman–Crippen LogP) is 0.642. The van der Waals surface area contributed by atoms with Crippen LogP contribution < -0.4 is 5.32 Å². The number of aromatic carboxylic acids is 1. The molecule has 0 aliphatic heterocycles. The van der Waals surface area contributed by atoms with Crippen molar-refractivity contribution in [2.75, 3.05) is 0 Å². The van der Waals surface area contributed by atoms with E-state index in [1.54, 1.807) is 12.1 Å². The monoisotopic (exact) mass is 249 g/mol. The van der Waals surface area contributed by atoms with Gasteiger partial charge in [-0.05, 0) is 17.7 Å². The number of rotatable bonds is 5. The fourth-order valence-corrected chi connectivity index (χ4v) is 1.21. The summed E-state index contributed by atoms with van der Waals surface area (Å²) in [5.41, 5.74) is 0.745. The second-order valence-electron chi connectivity index (χ2n) is 3.39. The number of aliphatic carboxylic acids is 1. The van der Waals surface area contributed by atoms with Gasteiger partial charge in [-0.15, -0.1) is 0 Å². The molecule has 0 bridgehead atoms. The van der Waals surface area contributed by atoms with E-state index in [1.165, 1.54) is 12.1 Å². The van der Waals surface area contributed by atoms with Gasteiger partial charge in [-0.3, -0.25) is 4.79 Å².